The molecule has 0 bridgehead atoms. The average Bonchev–Trinajstić information content (AvgIpc) is 2.87. The molecule has 0 unspecified atom stereocenters. The fourth-order valence-electron chi connectivity index (χ4n) is 1.43. The van der Waals surface area contributed by atoms with E-state index < -0.39 is 0 Å². The van der Waals surface area contributed by atoms with Crippen molar-refractivity contribution in [3.63, 3.8) is 0 Å². The Bertz CT molecular complexity index is 534. The van der Waals surface area contributed by atoms with Crippen molar-refractivity contribution in [1.29, 1.82) is 0 Å². The summed E-state index contributed by atoms with van der Waals surface area (Å²) >= 11 is 3.16. The first-order chi connectivity index (χ1) is 8.72. The second kappa shape index (κ2) is 6.02. The Kier molecular flexibility index (Phi) is 4.38. The Balaban J connectivity index is 2.15. The summed E-state index contributed by atoms with van der Waals surface area (Å²) in [6.45, 7) is 1.82. The van der Waals surface area contributed by atoms with Crippen molar-refractivity contribution in [2.75, 3.05) is 11.6 Å². The summed E-state index contributed by atoms with van der Waals surface area (Å²) in [4.78, 5) is 16.9. The van der Waals surface area contributed by atoms with E-state index in [1.54, 1.807) is 11.8 Å². The summed E-state index contributed by atoms with van der Waals surface area (Å²) in [5, 5.41) is 5.38. The molecule has 1 N–H and O–H groups in total. The number of anilines is 1. The van der Waals surface area contributed by atoms with Gasteiger partial charge in [0.15, 0.2) is 5.13 Å². The van der Waals surface area contributed by atoms with Crippen LogP contribution in [0.25, 0.3) is 11.3 Å². The molecule has 1 aromatic carbocycles. The van der Waals surface area contributed by atoms with Crippen molar-refractivity contribution in [3.8, 4) is 11.3 Å². The van der Waals surface area contributed by atoms with Gasteiger partial charge in [-0.05, 0) is 18.4 Å². The molecule has 0 spiro atoms. The lowest BCUT2D eigenvalue weighted by atomic mass is 10.2. The van der Waals surface area contributed by atoms with E-state index in [2.05, 4.69) is 28.7 Å². The van der Waals surface area contributed by atoms with Crippen molar-refractivity contribution in [3.05, 3.63) is 29.6 Å². The SMILES string of the molecule is CCC(=O)Nc1nc(-c2ccc(SC)cc2)cs1. The van der Waals surface area contributed by atoms with E-state index in [4.69, 9.17) is 0 Å². The number of carbonyl (C=O) groups is 1. The largest absolute Gasteiger partial charge is 0.302 e. The third-order valence-corrected chi connectivity index (χ3v) is 3.96. The summed E-state index contributed by atoms with van der Waals surface area (Å²) in [6.07, 6.45) is 2.52. The van der Waals surface area contributed by atoms with E-state index in [0.29, 0.717) is 11.6 Å². The normalized spacial score (nSPS) is 10.3. The zero-order chi connectivity index (χ0) is 13.0. The molecule has 94 valence electrons. The highest BCUT2D eigenvalue weighted by Gasteiger charge is 2.06. The number of hydrogen-bond acceptors (Lipinski definition) is 4. The molecule has 0 radical (unpaired) electrons. The Morgan fingerprint density at radius 3 is 2.72 bits per heavy atom. The highest BCUT2D eigenvalue weighted by atomic mass is 32.2. The van der Waals surface area contributed by atoms with Crippen LogP contribution in [0.15, 0.2) is 34.5 Å². The molecule has 0 saturated carbocycles. The first-order valence-electron chi connectivity index (χ1n) is 5.62. The lowest BCUT2D eigenvalue weighted by molar-refractivity contribution is -0.115. The van der Waals surface area contributed by atoms with E-state index in [9.17, 15) is 4.79 Å². The highest BCUT2D eigenvalue weighted by molar-refractivity contribution is 7.98. The van der Waals surface area contributed by atoms with Gasteiger partial charge >= 0.3 is 0 Å². The Hall–Kier alpha value is -1.33. The second-order valence-electron chi connectivity index (χ2n) is 3.67. The number of thiazole rings is 1. The molecule has 2 aromatic rings. The number of nitrogens with zero attached hydrogens (tertiary/aromatic N) is 1. The smallest absolute Gasteiger partial charge is 0.225 e. The van der Waals surface area contributed by atoms with Crippen molar-refractivity contribution in [2.45, 2.75) is 18.2 Å². The number of benzene rings is 1. The van der Waals surface area contributed by atoms with Gasteiger partial charge in [0.1, 0.15) is 0 Å². The fraction of sp³-hybridized carbons (Fsp3) is 0.231. The van der Waals surface area contributed by atoms with Crippen LogP contribution in [-0.2, 0) is 4.79 Å². The van der Waals surface area contributed by atoms with Crippen LogP contribution in [0.1, 0.15) is 13.3 Å². The standard InChI is InChI=1S/C13H14N2OS2/c1-3-12(16)15-13-14-11(8-18-13)9-4-6-10(17-2)7-5-9/h4-8H,3H2,1-2H3,(H,14,15,16). The molecule has 0 aliphatic carbocycles. The van der Waals surface area contributed by atoms with Gasteiger partial charge < -0.3 is 5.32 Å². The summed E-state index contributed by atoms with van der Waals surface area (Å²) < 4.78 is 0. The molecule has 1 aromatic heterocycles. The summed E-state index contributed by atoms with van der Waals surface area (Å²) in [7, 11) is 0. The number of carbonyl (C=O) groups excluding carboxylic acids is 1. The van der Waals surface area contributed by atoms with Crippen molar-refractivity contribution in [1.82, 2.24) is 4.98 Å². The highest BCUT2D eigenvalue weighted by Crippen LogP contribution is 2.26. The molecule has 0 atom stereocenters. The second-order valence-corrected chi connectivity index (χ2v) is 5.41. The van der Waals surface area contributed by atoms with Gasteiger partial charge in [-0.1, -0.05) is 19.1 Å². The Morgan fingerprint density at radius 2 is 2.11 bits per heavy atom. The predicted octanol–water partition coefficient (Wildman–Crippen LogP) is 3.88. The van der Waals surface area contributed by atoms with Crippen molar-refractivity contribution >= 4 is 34.1 Å². The molecule has 18 heavy (non-hydrogen) atoms. The van der Waals surface area contributed by atoms with Crippen LogP contribution in [-0.4, -0.2) is 17.1 Å². The molecule has 1 amide bonds. The molecule has 2 rings (SSSR count). The minimum absolute atomic E-state index is 0.00590. The summed E-state index contributed by atoms with van der Waals surface area (Å²) in [5.74, 6) is -0.00590. The Morgan fingerprint density at radius 1 is 1.39 bits per heavy atom. The topological polar surface area (TPSA) is 42.0 Å². The van der Waals surface area contributed by atoms with E-state index in [0.717, 1.165) is 11.3 Å². The minimum atomic E-state index is -0.00590. The maximum Gasteiger partial charge on any atom is 0.225 e. The molecular weight excluding hydrogens is 264 g/mol. The number of hydrogen-bond donors (Lipinski definition) is 1. The molecule has 0 aliphatic rings. The molecule has 3 nitrogen and oxygen atoms in total. The third kappa shape index (κ3) is 3.11. The van der Waals surface area contributed by atoms with Gasteiger partial charge in [0.25, 0.3) is 0 Å². The Labute approximate surface area is 115 Å². The van der Waals surface area contributed by atoms with Crippen LogP contribution in [0.4, 0.5) is 5.13 Å². The number of nitrogens with one attached hydrogen (secondary N) is 1. The number of aromatic nitrogens is 1. The molecule has 0 aliphatic heterocycles. The van der Waals surface area contributed by atoms with Crippen LogP contribution in [0.5, 0.6) is 0 Å². The number of thioether (sulfide) groups is 1. The van der Waals surface area contributed by atoms with Crippen LogP contribution >= 0.6 is 23.1 Å². The van der Waals surface area contributed by atoms with E-state index >= 15 is 0 Å². The fourth-order valence-corrected chi connectivity index (χ4v) is 2.58. The van der Waals surface area contributed by atoms with Crippen LogP contribution in [0.2, 0.25) is 0 Å². The first-order valence-corrected chi connectivity index (χ1v) is 7.73. The van der Waals surface area contributed by atoms with Crippen LogP contribution in [0, 0.1) is 0 Å². The minimum Gasteiger partial charge on any atom is -0.302 e. The third-order valence-electron chi connectivity index (χ3n) is 2.46. The molecule has 0 saturated heterocycles. The van der Waals surface area contributed by atoms with Gasteiger partial charge in [-0.2, -0.15) is 0 Å². The van der Waals surface area contributed by atoms with Gasteiger partial charge in [0.2, 0.25) is 5.91 Å². The number of rotatable bonds is 4. The first kappa shape index (κ1) is 13.1. The van der Waals surface area contributed by atoms with E-state index in [1.807, 2.05) is 24.4 Å². The van der Waals surface area contributed by atoms with Crippen LogP contribution in [0.3, 0.4) is 0 Å². The lowest BCUT2D eigenvalue weighted by Gasteiger charge is -1.99. The maximum absolute atomic E-state index is 11.3. The van der Waals surface area contributed by atoms with Gasteiger partial charge in [0, 0.05) is 22.3 Å². The quantitative estimate of drug-likeness (QED) is 0.863. The summed E-state index contributed by atoms with van der Waals surface area (Å²) in [5.41, 5.74) is 1.97. The molecule has 1 heterocycles. The molecular formula is C13H14N2OS2. The van der Waals surface area contributed by atoms with Gasteiger partial charge in [0.05, 0.1) is 5.69 Å². The van der Waals surface area contributed by atoms with Crippen molar-refractivity contribution in [2.24, 2.45) is 0 Å². The van der Waals surface area contributed by atoms with E-state index in [1.165, 1.54) is 16.2 Å². The van der Waals surface area contributed by atoms with E-state index in [-0.39, 0.29) is 5.91 Å². The molecule has 0 fully saturated rings. The lowest BCUT2D eigenvalue weighted by Crippen LogP contribution is -2.08. The monoisotopic (exact) mass is 278 g/mol. The average molecular weight is 278 g/mol. The zero-order valence-electron chi connectivity index (χ0n) is 10.3. The van der Waals surface area contributed by atoms with Crippen LogP contribution < -0.4 is 5.32 Å². The maximum atomic E-state index is 11.3. The van der Waals surface area contributed by atoms with Gasteiger partial charge in [-0.25, -0.2) is 4.98 Å². The van der Waals surface area contributed by atoms with Gasteiger partial charge in [-0.3, -0.25) is 4.79 Å². The summed E-state index contributed by atoms with van der Waals surface area (Å²) in [6, 6.07) is 8.24. The van der Waals surface area contributed by atoms with Crippen molar-refractivity contribution < 1.29 is 4.79 Å². The zero-order valence-corrected chi connectivity index (χ0v) is 11.9. The van der Waals surface area contributed by atoms with Gasteiger partial charge in [-0.15, -0.1) is 23.1 Å². The predicted molar refractivity (Wildman–Crippen MR) is 78.3 cm³/mol. The molecule has 5 heteroatoms. The number of amides is 1.